The van der Waals surface area contributed by atoms with Gasteiger partial charge in [-0.3, -0.25) is 4.79 Å². The van der Waals surface area contributed by atoms with Crippen LogP contribution in [0.3, 0.4) is 0 Å². The topological polar surface area (TPSA) is 76.1 Å². The Bertz CT molecular complexity index is 405. The van der Waals surface area contributed by atoms with Crippen LogP contribution < -0.4 is 0 Å². The Morgan fingerprint density at radius 2 is 2.00 bits per heavy atom. The summed E-state index contributed by atoms with van der Waals surface area (Å²) in [5, 5.41) is 9.29. The number of carbonyl (C=O) groups excluding carboxylic acids is 1. The molecular weight excluding hydrogens is 274 g/mol. The lowest BCUT2D eigenvalue weighted by Gasteiger charge is -2.41. The van der Waals surface area contributed by atoms with Gasteiger partial charge in [-0.1, -0.05) is 12.8 Å². The number of morpholine rings is 1. The Hall–Kier alpha value is -1.14. The normalized spacial score (nSPS) is 28.6. The second kappa shape index (κ2) is 6.32. The zero-order valence-electron chi connectivity index (χ0n) is 12.9. The van der Waals surface area contributed by atoms with E-state index in [-0.39, 0.29) is 24.5 Å². The summed E-state index contributed by atoms with van der Waals surface area (Å²) in [6, 6.07) is 0. The minimum absolute atomic E-state index is 0.0767. The first-order chi connectivity index (χ1) is 9.93. The average molecular weight is 299 g/mol. The van der Waals surface area contributed by atoms with Crippen LogP contribution >= 0.6 is 0 Å². The molecular formula is C15H25NO5. The molecule has 6 nitrogen and oxygen atoms in total. The SMILES string of the molecule is COCCC1(C(=O)N2CCOC(C)(C(=O)O)C2)CCCC1. The predicted octanol–water partition coefficient (Wildman–Crippen LogP) is 1.29. The van der Waals surface area contributed by atoms with E-state index in [0.29, 0.717) is 19.6 Å². The zero-order chi connectivity index (χ0) is 15.5. The van der Waals surface area contributed by atoms with Crippen LogP contribution in [0.5, 0.6) is 0 Å². The highest BCUT2D eigenvalue weighted by atomic mass is 16.5. The van der Waals surface area contributed by atoms with E-state index in [1.54, 1.807) is 12.0 Å². The van der Waals surface area contributed by atoms with Crippen molar-refractivity contribution in [3.8, 4) is 0 Å². The molecule has 1 saturated carbocycles. The summed E-state index contributed by atoms with van der Waals surface area (Å²) in [7, 11) is 1.64. The maximum absolute atomic E-state index is 13.0. The van der Waals surface area contributed by atoms with E-state index in [1.807, 2.05) is 0 Å². The second-order valence-corrected chi connectivity index (χ2v) is 6.34. The summed E-state index contributed by atoms with van der Waals surface area (Å²) < 4.78 is 10.5. The fourth-order valence-electron chi connectivity index (χ4n) is 3.43. The Kier molecular flexibility index (Phi) is 4.88. The molecule has 1 heterocycles. The second-order valence-electron chi connectivity index (χ2n) is 6.34. The largest absolute Gasteiger partial charge is 0.479 e. The van der Waals surface area contributed by atoms with Gasteiger partial charge in [0.1, 0.15) is 0 Å². The first-order valence-corrected chi connectivity index (χ1v) is 7.59. The molecule has 2 fully saturated rings. The molecule has 0 radical (unpaired) electrons. The summed E-state index contributed by atoms with van der Waals surface area (Å²) in [6.07, 6.45) is 4.56. The molecule has 1 saturated heterocycles. The van der Waals surface area contributed by atoms with E-state index < -0.39 is 11.6 Å². The third-order valence-corrected chi connectivity index (χ3v) is 4.81. The van der Waals surface area contributed by atoms with E-state index in [0.717, 1.165) is 25.7 Å². The molecule has 0 aromatic carbocycles. The number of ether oxygens (including phenoxy) is 2. The summed E-state index contributed by atoms with van der Waals surface area (Å²) in [6.45, 7) is 2.96. The van der Waals surface area contributed by atoms with Crippen molar-refractivity contribution in [1.29, 1.82) is 0 Å². The highest BCUT2D eigenvalue weighted by molar-refractivity contribution is 5.85. The van der Waals surface area contributed by atoms with Crippen LogP contribution in [0.1, 0.15) is 39.0 Å². The van der Waals surface area contributed by atoms with Gasteiger partial charge in [0.2, 0.25) is 5.91 Å². The minimum atomic E-state index is -1.30. The van der Waals surface area contributed by atoms with Gasteiger partial charge in [-0.15, -0.1) is 0 Å². The van der Waals surface area contributed by atoms with Crippen molar-refractivity contribution in [2.24, 2.45) is 5.41 Å². The first kappa shape index (κ1) is 16.2. The predicted molar refractivity (Wildman–Crippen MR) is 76.0 cm³/mol. The van der Waals surface area contributed by atoms with Crippen molar-refractivity contribution < 1.29 is 24.2 Å². The van der Waals surface area contributed by atoms with Gasteiger partial charge in [-0.2, -0.15) is 0 Å². The minimum Gasteiger partial charge on any atom is -0.479 e. The summed E-state index contributed by atoms with van der Waals surface area (Å²) >= 11 is 0. The number of amides is 1. The van der Waals surface area contributed by atoms with Crippen LogP contribution in [-0.4, -0.2) is 60.9 Å². The molecule has 0 spiro atoms. The van der Waals surface area contributed by atoms with E-state index >= 15 is 0 Å². The Morgan fingerprint density at radius 1 is 1.33 bits per heavy atom. The smallest absolute Gasteiger partial charge is 0.337 e. The fourth-order valence-corrected chi connectivity index (χ4v) is 3.43. The third-order valence-electron chi connectivity index (χ3n) is 4.81. The molecule has 1 aliphatic heterocycles. The Balaban J connectivity index is 2.11. The highest BCUT2D eigenvalue weighted by Crippen LogP contribution is 2.43. The van der Waals surface area contributed by atoms with Crippen molar-refractivity contribution in [2.75, 3.05) is 33.4 Å². The molecule has 0 bridgehead atoms. The number of methoxy groups -OCH3 is 1. The van der Waals surface area contributed by atoms with Crippen LogP contribution in [0.15, 0.2) is 0 Å². The molecule has 21 heavy (non-hydrogen) atoms. The fraction of sp³-hybridized carbons (Fsp3) is 0.867. The lowest BCUT2D eigenvalue weighted by atomic mass is 9.81. The number of carboxylic acid groups (broad SMARTS) is 1. The molecule has 2 aliphatic rings. The van der Waals surface area contributed by atoms with Gasteiger partial charge in [0, 0.05) is 20.3 Å². The van der Waals surface area contributed by atoms with Crippen molar-refractivity contribution in [3.05, 3.63) is 0 Å². The molecule has 2 rings (SSSR count). The number of hydrogen-bond acceptors (Lipinski definition) is 4. The number of hydrogen-bond donors (Lipinski definition) is 1. The number of aliphatic carboxylic acids is 1. The van der Waals surface area contributed by atoms with Gasteiger partial charge in [-0.25, -0.2) is 4.79 Å². The van der Waals surface area contributed by atoms with Gasteiger partial charge in [0.25, 0.3) is 0 Å². The third kappa shape index (κ3) is 3.21. The molecule has 0 aromatic rings. The molecule has 6 heteroatoms. The quantitative estimate of drug-likeness (QED) is 0.827. The Morgan fingerprint density at radius 3 is 2.57 bits per heavy atom. The van der Waals surface area contributed by atoms with Gasteiger partial charge >= 0.3 is 5.97 Å². The number of carbonyl (C=O) groups is 2. The lowest BCUT2D eigenvalue weighted by molar-refractivity contribution is -0.180. The molecule has 1 aliphatic carbocycles. The van der Waals surface area contributed by atoms with Crippen LogP contribution in [0.4, 0.5) is 0 Å². The molecule has 0 aromatic heterocycles. The van der Waals surface area contributed by atoms with Crippen molar-refractivity contribution in [2.45, 2.75) is 44.6 Å². The maximum atomic E-state index is 13.0. The number of nitrogens with zero attached hydrogens (tertiary/aromatic N) is 1. The summed E-state index contributed by atoms with van der Waals surface area (Å²) in [4.78, 5) is 26.0. The molecule has 1 amide bonds. The van der Waals surface area contributed by atoms with E-state index in [2.05, 4.69) is 0 Å². The molecule has 120 valence electrons. The molecule has 1 N–H and O–H groups in total. The van der Waals surface area contributed by atoms with E-state index in [4.69, 9.17) is 9.47 Å². The summed E-state index contributed by atoms with van der Waals surface area (Å²) in [5.41, 5.74) is -1.66. The van der Waals surface area contributed by atoms with Gasteiger partial charge < -0.3 is 19.5 Å². The lowest BCUT2D eigenvalue weighted by Crippen LogP contribution is -2.58. The number of carboxylic acids is 1. The van der Waals surface area contributed by atoms with Crippen LogP contribution in [0.25, 0.3) is 0 Å². The molecule has 1 unspecified atom stereocenters. The maximum Gasteiger partial charge on any atom is 0.337 e. The van der Waals surface area contributed by atoms with Crippen LogP contribution in [0, 0.1) is 5.41 Å². The zero-order valence-corrected chi connectivity index (χ0v) is 12.9. The van der Waals surface area contributed by atoms with E-state index in [9.17, 15) is 14.7 Å². The Labute approximate surface area is 125 Å². The molecule has 1 atom stereocenters. The monoisotopic (exact) mass is 299 g/mol. The van der Waals surface area contributed by atoms with Crippen molar-refractivity contribution in [1.82, 2.24) is 4.90 Å². The standard InChI is InChI=1S/C15H25NO5/c1-14(13(18)19)11-16(8-10-21-14)12(17)15(7-9-20-2)5-3-4-6-15/h3-11H2,1-2H3,(H,18,19). The first-order valence-electron chi connectivity index (χ1n) is 7.59. The highest BCUT2D eigenvalue weighted by Gasteiger charge is 2.47. The summed E-state index contributed by atoms with van der Waals surface area (Å²) in [5.74, 6) is -0.940. The van der Waals surface area contributed by atoms with Gasteiger partial charge in [0.15, 0.2) is 5.60 Å². The number of rotatable bonds is 5. The van der Waals surface area contributed by atoms with E-state index in [1.165, 1.54) is 6.92 Å². The van der Waals surface area contributed by atoms with Gasteiger partial charge in [0.05, 0.1) is 18.6 Å². The van der Waals surface area contributed by atoms with Crippen molar-refractivity contribution in [3.63, 3.8) is 0 Å². The van der Waals surface area contributed by atoms with Crippen LogP contribution in [-0.2, 0) is 19.1 Å². The van der Waals surface area contributed by atoms with Crippen LogP contribution in [0.2, 0.25) is 0 Å². The average Bonchev–Trinajstić information content (AvgIpc) is 2.94. The van der Waals surface area contributed by atoms with Gasteiger partial charge in [-0.05, 0) is 26.2 Å². The van der Waals surface area contributed by atoms with Crippen molar-refractivity contribution >= 4 is 11.9 Å².